The van der Waals surface area contributed by atoms with E-state index in [4.69, 9.17) is 5.73 Å². The molecule has 2 heteroatoms. The summed E-state index contributed by atoms with van der Waals surface area (Å²) in [5, 5.41) is 9.37. The summed E-state index contributed by atoms with van der Waals surface area (Å²) in [6, 6.07) is -0.0162. The molecule has 0 aliphatic heterocycles. The van der Waals surface area contributed by atoms with Gasteiger partial charge in [-0.3, -0.25) is 0 Å². The Kier molecular flexibility index (Phi) is 1.53. The van der Waals surface area contributed by atoms with Gasteiger partial charge in [-0.1, -0.05) is 0 Å². The molecule has 0 aromatic carbocycles. The van der Waals surface area contributed by atoms with Crippen LogP contribution in [-0.2, 0) is 0 Å². The summed E-state index contributed by atoms with van der Waals surface area (Å²) >= 11 is 0. The Morgan fingerprint density at radius 2 is 2.00 bits per heavy atom. The average molecular weight is 129 g/mol. The largest absolute Gasteiger partial charge is 0.389 e. The molecule has 0 heterocycles. The summed E-state index contributed by atoms with van der Waals surface area (Å²) in [5.74, 6) is 0.588. The Labute approximate surface area is 56.1 Å². The van der Waals surface area contributed by atoms with E-state index in [9.17, 15) is 5.11 Å². The molecule has 0 saturated heterocycles. The standard InChI is InChI=1S/C7H15NO/c1-7(2,9)6(8)5-3-4-5/h5-6,9H,3-4,8H2,1-2H3. The molecule has 54 valence electrons. The molecule has 1 unspecified atom stereocenters. The molecule has 1 aliphatic rings. The monoisotopic (exact) mass is 129 g/mol. The van der Waals surface area contributed by atoms with E-state index in [1.807, 2.05) is 0 Å². The van der Waals surface area contributed by atoms with E-state index in [1.54, 1.807) is 13.8 Å². The average Bonchev–Trinajstić information content (AvgIpc) is 2.40. The highest BCUT2D eigenvalue weighted by Crippen LogP contribution is 2.35. The zero-order valence-electron chi connectivity index (χ0n) is 6.09. The van der Waals surface area contributed by atoms with Crippen LogP contribution in [0.2, 0.25) is 0 Å². The second-order valence-electron chi connectivity index (χ2n) is 3.52. The van der Waals surface area contributed by atoms with Crippen molar-refractivity contribution in [2.45, 2.75) is 38.3 Å². The Morgan fingerprint density at radius 1 is 1.56 bits per heavy atom. The first-order chi connectivity index (χ1) is 4.02. The number of nitrogens with two attached hydrogens (primary N) is 1. The van der Waals surface area contributed by atoms with Crippen molar-refractivity contribution < 1.29 is 5.11 Å². The van der Waals surface area contributed by atoms with Crippen LogP contribution in [-0.4, -0.2) is 16.7 Å². The van der Waals surface area contributed by atoms with Crippen LogP contribution in [0, 0.1) is 5.92 Å². The zero-order chi connectivity index (χ0) is 7.07. The van der Waals surface area contributed by atoms with E-state index < -0.39 is 5.60 Å². The van der Waals surface area contributed by atoms with E-state index in [2.05, 4.69) is 0 Å². The van der Waals surface area contributed by atoms with Gasteiger partial charge >= 0.3 is 0 Å². The fourth-order valence-corrected chi connectivity index (χ4v) is 1.03. The highest BCUT2D eigenvalue weighted by molar-refractivity contribution is 4.93. The van der Waals surface area contributed by atoms with Gasteiger partial charge in [0, 0.05) is 6.04 Å². The topological polar surface area (TPSA) is 46.2 Å². The molecular formula is C7H15NO. The molecule has 1 saturated carbocycles. The van der Waals surface area contributed by atoms with Gasteiger partial charge in [-0.2, -0.15) is 0 Å². The third kappa shape index (κ3) is 1.66. The molecule has 0 bridgehead atoms. The maximum Gasteiger partial charge on any atom is 0.0744 e. The number of aliphatic hydroxyl groups is 1. The van der Waals surface area contributed by atoms with Gasteiger partial charge < -0.3 is 10.8 Å². The third-order valence-electron chi connectivity index (χ3n) is 1.95. The minimum Gasteiger partial charge on any atom is -0.389 e. The van der Waals surface area contributed by atoms with E-state index in [0.29, 0.717) is 5.92 Å². The van der Waals surface area contributed by atoms with E-state index in [0.717, 1.165) is 0 Å². The van der Waals surface area contributed by atoms with Gasteiger partial charge in [0.15, 0.2) is 0 Å². The number of hydrogen-bond donors (Lipinski definition) is 2. The van der Waals surface area contributed by atoms with Gasteiger partial charge in [0.25, 0.3) is 0 Å². The Balaban J connectivity index is 2.40. The summed E-state index contributed by atoms with van der Waals surface area (Å²) in [4.78, 5) is 0. The lowest BCUT2D eigenvalue weighted by molar-refractivity contribution is 0.0445. The SMILES string of the molecule is CC(C)(O)C(N)C1CC1. The first-order valence-electron chi connectivity index (χ1n) is 3.50. The van der Waals surface area contributed by atoms with E-state index >= 15 is 0 Å². The van der Waals surface area contributed by atoms with Gasteiger partial charge in [0.05, 0.1) is 5.60 Å². The summed E-state index contributed by atoms with van der Waals surface area (Å²) in [6.07, 6.45) is 2.40. The van der Waals surface area contributed by atoms with Crippen molar-refractivity contribution in [1.29, 1.82) is 0 Å². The molecule has 1 rings (SSSR count). The highest BCUT2D eigenvalue weighted by Gasteiger charge is 2.37. The lowest BCUT2D eigenvalue weighted by Gasteiger charge is -2.25. The molecule has 2 nitrogen and oxygen atoms in total. The summed E-state index contributed by atoms with van der Waals surface area (Å²) < 4.78 is 0. The second-order valence-corrected chi connectivity index (χ2v) is 3.52. The fourth-order valence-electron chi connectivity index (χ4n) is 1.03. The van der Waals surface area contributed by atoms with Crippen LogP contribution >= 0.6 is 0 Å². The van der Waals surface area contributed by atoms with Gasteiger partial charge in [0.2, 0.25) is 0 Å². The molecule has 1 fully saturated rings. The molecule has 3 N–H and O–H groups in total. The Morgan fingerprint density at radius 3 is 2.11 bits per heavy atom. The first-order valence-corrected chi connectivity index (χ1v) is 3.50. The number of rotatable bonds is 2. The first kappa shape index (κ1) is 7.03. The number of hydrogen-bond acceptors (Lipinski definition) is 2. The smallest absolute Gasteiger partial charge is 0.0744 e. The highest BCUT2D eigenvalue weighted by atomic mass is 16.3. The van der Waals surface area contributed by atoms with Crippen molar-refractivity contribution in [2.24, 2.45) is 11.7 Å². The molecule has 1 atom stereocenters. The quantitative estimate of drug-likeness (QED) is 0.570. The second kappa shape index (κ2) is 1.96. The van der Waals surface area contributed by atoms with E-state index in [1.165, 1.54) is 12.8 Å². The molecule has 9 heavy (non-hydrogen) atoms. The predicted molar refractivity (Wildman–Crippen MR) is 37.0 cm³/mol. The van der Waals surface area contributed by atoms with Gasteiger partial charge in [-0.05, 0) is 32.6 Å². The predicted octanol–water partition coefficient (Wildman–Crippen LogP) is 0.495. The Bertz CT molecular complexity index is 102. The summed E-state index contributed by atoms with van der Waals surface area (Å²) in [6.45, 7) is 3.55. The third-order valence-corrected chi connectivity index (χ3v) is 1.95. The van der Waals surface area contributed by atoms with Crippen molar-refractivity contribution in [2.75, 3.05) is 0 Å². The lowest BCUT2D eigenvalue weighted by Crippen LogP contribution is -2.44. The normalized spacial score (nSPS) is 24.0. The van der Waals surface area contributed by atoms with Crippen LogP contribution in [0.15, 0.2) is 0 Å². The van der Waals surface area contributed by atoms with Gasteiger partial charge in [0.1, 0.15) is 0 Å². The van der Waals surface area contributed by atoms with Crippen molar-refractivity contribution >= 4 is 0 Å². The van der Waals surface area contributed by atoms with E-state index in [-0.39, 0.29) is 6.04 Å². The fraction of sp³-hybridized carbons (Fsp3) is 1.00. The van der Waals surface area contributed by atoms with Gasteiger partial charge in [-0.15, -0.1) is 0 Å². The van der Waals surface area contributed by atoms with Crippen molar-refractivity contribution in [3.05, 3.63) is 0 Å². The molecular weight excluding hydrogens is 114 g/mol. The maximum absolute atomic E-state index is 9.37. The molecule has 0 spiro atoms. The molecule has 0 aromatic heterocycles. The van der Waals surface area contributed by atoms with Crippen LogP contribution in [0.4, 0.5) is 0 Å². The Hall–Kier alpha value is -0.0800. The van der Waals surface area contributed by atoms with Gasteiger partial charge in [-0.25, -0.2) is 0 Å². The van der Waals surface area contributed by atoms with Crippen LogP contribution in [0.5, 0.6) is 0 Å². The minimum atomic E-state index is -0.679. The molecule has 0 amide bonds. The summed E-state index contributed by atoms with van der Waals surface area (Å²) in [5.41, 5.74) is 5.03. The molecule has 1 aliphatic carbocycles. The summed E-state index contributed by atoms with van der Waals surface area (Å²) in [7, 11) is 0. The van der Waals surface area contributed by atoms with Crippen LogP contribution in [0.1, 0.15) is 26.7 Å². The minimum absolute atomic E-state index is 0.0162. The van der Waals surface area contributed by atoms with Crippen LogP contribution in [0.25, 0.3) is 0 Å². The molecule has 0 radical (unpaired) electrons. The maximum atomic E-state index is 9.37. The lowest BCUT2D eigenvalue weighted by atomic mass is 9.96. The van der Waals surface area contributed by atoms with Crippen LogP contribution in [0.3, 0.4) is 0 Å². The van der Waals surface area contributed by atoms with Crippen molar-refractivity contribution in [1.82, 2.24) is 0 Å². The zero-order valence-corrected chi connectivity index (χ0v) is 6.09. The van der Waals surface area contributed by atoms with Crippen LogP contribution < -0.4 is 5.73 Å². The molecule has 0 aromatic rings. The van der Waals surface area contributed by atoms with Crippen molar-refractivity contribution in [3.63, 3.8) is 0 Å². The van der Waals surface area contributed by atoms with Crippen molar-refractivity contribution in [3.8, 4) is 0 Å².